The number of ether oxygens (including phenoxy) is 6. The molecule has 0 fully saturated rings. The van der Waals surface area contributed by atoms with Crippen molar-refractivity contribution >= 4 is 34.6 Å². The van der Waals surface area contributed by atoms with E-state index in [0.717, 1.165) is 13.8 Å². The molecule has 1 aromatic carbocycles. The van der Waals surface area contributed by atoms with Gasteiger partial charge in [-0.2, -0.15) is 0 Å². The van der Waals surface area contributed by atoms with Gasteiger partial charge in [0.1, 0.15) is 6.10 Å². The Morgan fingerprint density at radius 1 is 0.941 bits per heavy atom. The first-order chi connectivity index (χ1) is 16.1. The molecule has 12 heteroatoms. The molecule has 2 heterocycles. The summed E-state index contributed by atoms with van der Waals surface area (Å²) >= 11 is 0. The Labute approximate surface area is 192 Å². The quantitative estimate of drug-likeness (QED) is 0.385. The van der Waals surface area contributed by atoms with Gasteiger partial charge < -0.3 is 33.4 Å². The molecule has 2 aromatic rings. The number of fused-ring (bicyclic) bond motifs is 4. The van der Waals surface area contributed by atoms with Crippen LogP contribution in [0.1, 0.15) is 45.1 Å². The van der Waals surface area contributed by atoms with Gasteiger partial charge in [-0.1, -0.05) is 0 Å². The fourth-order valence-electron chi connectivity index (χ4n) is 4.22. The lowest BCUT2D eigenvalue weighted by molar-refractivity contribution is -0.186. The fourth-order valence-corrected chi connectivity index (χ4v) is 4.22. The van der Waals surface area contributed by atoms with Crippen LogP contribution in [0.25, 0.3) is 10.8 Å². The Morgan fingerprint density at radius 2 is 1.62 bits per heavy atom. The Kier molecular flexibility index (Phi) is 5.90. The molecule has 3 atom stereocenters. The number of carbonyl (C=O) groups excluding carboxylic acids is 4. The summed E-state index contributed by atoms with van der Waals surface area (Å²) in [6, 6.07) is 1.53. The van der Waals surface area contributed by atoms with E-state index in [1.54, 1.807) is 0 Å². The van der Waals surface area contributed by atoms with Gasteiger partial charge in [-0.05, 0) is 11.6 Å². The maximum absolute atomic E-state index is 13.2. The average Bonchev–Trinajstić information content (AvgIpc) is 3.18. The van der Waals surface area contributed by atoms with Gasteiger partial charge in [-0.3, -0.25) is 24.0 Å². The van der Waals surface area contributed by atoms with E-state index in [0.29, 0.717) is 10.9 Å². The normalized spacial score (nSPS) is 20.3. The molecule has 1 aliphatic carbocycles. The Morgan fingerprint density at radius 3 is 2.24 bits per heavy atom. The van der Waals surface area contributed by atoms with Crippen LogP contribution in [0.3, 0.4) is 0 Å². The molecular weight excluding hydrogens is 454 g/mol. The number of aromatic amines is 1. The van der Waals surface area contributed by atoms with Crippen LogP contribution in [0.5, 0.6) is 17.2 Å². The minimum atomic E-state index is -1.28. The summed E-state index contributed by atoms with van der Waals surface area (Å²) in [6.07, 6.45) is -3.56. The predicted molar refractivity (Wildman–Crippen MR) is 111 cm³/mol. The largest absolute Gasteiger partial charge is 0.458 e. The lowest BCUT2D eigenvalue weighted by Gasteiger charge is -2.37. The fraction of sp³-hybridized carbons (Fsp3) is 0.409. The molecule has 0 saturated carbocycles. The van der Waals surface area contributed by atoms with E-state index in [-0.39, 0.29) is 41.5 Å². The van der Waals surface area contributed by atoms with Crippen molar-refractivity contribution in [1.29, 1.82) is 0 Å². The summed E-state index contributed by atoms with van der Waals surface area (Å²) in [7, 11) is 0. The van der Waals surface area contributed by atoms with Gasteiger partial charge in [0.2, 0.25) is 12.5 Å². The molecule has 1 aromatic heterocycles. The molecule has 0 unspecified atom stereocenters. The van der Waals surface area contributed by atoms with Crippen LogP contribution in [0.2, 0.25) is 0 Å². The number of hydrogen-bond donors (Lipinski definition) is 1. The van der Waals surface area contributed by atoms with Crippen molar-refractivity contribution in [1.82, 2.24) is 4.98 Å². The van der Waals surface area contributed by atoms with Gasteiger partial charge in [-0.25, -0.2) is 0 Å². The highest BCUT2D eigenvalue weighted by Crippen LogP contribution is 2.48. The number of nitrogens with one attached hydrogen (secondary N) is 1. The van der Waals surface area contributed by atoms with Crippen LogP contribution >= 0.6 is 0 Å². The van der Waals surface area contributed by atoms with Crippen LogP contribution in [0.15, 0.2) is 10.9 Å². The SMILES string of the molecule is CC(=O)Oc1c2c(cc3c4c([nH]c(=O)c13)[C@H](OC(C)=O)[C@H](OC(C)=O)[C@@H](OC(C)=O)C4)OCO2. The van der Waals surface area contributed by atoms with Crippen molar-refractivity contribution in [3.8, 4) is 17.2 Å². The van der Waals surface area contributed by atoms with Gasteiger partial charge in [-0.15, -0.1) is 0 Å². The van der Waals surface area contributed by atoms with Gasteiger partial charge in [0.05, 0.1) is 11.1 Å². The molecule has 2 aliphatic rings. The van der Waals surface area contributed by atoms with Crippen molar-refractivity contribution in [2.45, 2.75) is 52.4 Å². The summed E-state index contributed by atoms with van der Waals surface area (Å²) < 4.78 is 32.3. The Balaban J connectivity index is 2.01. The predicted octanol–water partition coefficient (Wildman–Crippen LogP) is 1.21. The lowest BCUT2D eigenvalue weighted by Crippen LogP contribution is -2.46. The third-order valence-corrected chi connectivity index (χ3v) is 5.26. The third-order valence-electron chi connectivity index (χ3n) is 5.26. The molecule has 0 bridgehead atoms. The lowest BCUT2D eigenvalue weighted by atomic mass is 9.85. The van der Waals surface area contributed by atoms with Gasteiger partial charge in [0.15, 0.2) is 23.7 Å². The van der Waals surface area contributed by atoms with Crippen LogP contribution < -0.4 is 19.8 Å². The highest BCUT2D eigenvalue weighted by atomic mass is 16.7. The molecule has 34 heavy (non-hydrogen) atoms. The number of aromatic nitrogens is 1. The Bertz CT molecular complexity index is 1280. The molecule has 180 valence electrons. The summed E-state index contributed by atoms with van der Waals surface area (Å²) in [5, 5.41) is 0.294. The minimum Gasteiger partial charge on any atom is -0.458 e. The minimum absolute atomic E-state index is 0.00714. The smallest absolute Gasteiger partial charge is 0.308 e. The molecule has 0 spiro atoms. The van der Waals surface area contributed by atoms with Crippen LogP contribution in [0.4, 0.5) is 0 Å². The number of hydrogen-bond acceptors (Lipinski definition) is 11. The standard InChI is InChI=1S/C22H21NO11/c1-8(24)31-15-6-13-12-5-14-18(30-7-29-14)20(33-10(3)26)16(12)22(28)23-17(13)21(34-11(4)27)19(15)32-9(2)25/h5,15,19,21H,6-7H2,1-4H3,(H,23,28)/t15-,19+,21-/m0/s1. The zero-order chi connectivity index (χ0) is 24.7. The number of H-pyrrole nitrogens is 1. The topological polar surface area (TPSA) is 157 Å². The first kappa shape index (κ1) is 23.1. The number of benzene rings is 1. The number of carbonyl (C=O) groups is 4. The summed E-state index contributed by atoms with van der Waals surface area (Å²) in [4.78, 5) is 63.1. The van der Waals surface area contributed by atoms with E-state index in [9.17, 15) is 24.0 Å². The van der Waals surface area contributed by atoms with Gasteiger partial charge >= 0.3 is 23.9 Å². The summed E-state index contributed by atoms with van der Waals surface area (Å²) in [5.41, 5.74) is -0.106. The maximum Gasteiger partial charge on any atom is 0.308 e. The molecule has 1 N–H and O–H groups in total. The molecule has 0 amide bonds. The molecular formula is C22H21NO11. The van der Waals surface area contributed by atoms with E-state index in [4.69, 9.17) is 28.4 Å². The maximum atomic E-state index is 13.2. The van der Waals surface area contributed by atoms with E-state index in [1.807, 2.05) is 0 Å². The molecule has 0 saturated heterocycles. The average molecular weight is 475 g/mol. The highest BCUT2D eigenvalue weighted by Gasteiger charge is 2.45. The first-order valence-electron chi connectivity index (χ1n) is 10.3. The zero-order valence-electron chi connectivity index (χ0n) is 18.7. The van der Waals surface area contributed by atoms with Gasteiger partial charge in [0, 0.05) is 39.5 Å². The monoisotopic (exact) mass is 475 g/mol. The van der Waals surface area contributed by atoms with E-state index < -0.39 is 47.7 Å². The first-order valence-corrected chi connectivity index (χ1v) is 10.3. The number of esters is 4. The van der Waals surface area contributed by atoms with E-state index in [2.05, 4.69) is 4.98 Å². The second-order valence-corrected chi connectivity index (χ2v) is 7.76. The molecule has 4 rings (SSSR count). The second kappa shape index (κ2) is 8.69. The van der Waals surface area contributed by atoms with Crippen LogP contribution in [-0.2, 0) is 39.8 Å². The Hall–Kier alpha value is -4.09. The highest BCUT2D eigenvalue weighted by molar-refractivity contribution is 5.97. The molecule has 1 aliphatic heterocycles. The van der Waals surface area contributed by atoms with Crippen molar-refractivity contribution in [3.63, 3.8) is 0 Å². The van der Waals surface area contributed by atoms with Crippen LogP contribution in [0, 0.1) is 0 Å². The molecule has 12 nitrogen and oxygen atoms in total. The molecule has 0 radical (unpaired) electrons. The van der Waals surface area contributed by atoms with Gasteiger partial charge in [0.25, 0.3) is 5.56 Å². The zero-order valence-corrected chi connectivity index (χ0v) is 18.7. The number of pyridine rings is 1. The van der Waals surface area contributed by atoms with Crippen molar-refractivity contribution in [2.24, 2.45) is 0 Å². The van der Waals surface area contributed by atoms with Crippen molar-refractivity contribution in [2.75, 3.05) is 6.79 Å². The third kappa shape index (κ3) is 4.14. The number of rotatable bonds is 4. The van der Waals surface area contributed by atoms with Crippen LogP contribution in [-0.4, -0.2) is 47.9 Å². The van der Waals surface area contributed by atoms with E-state index in [1.165, 1.54) is 19.9 Å². The van der Waals surface area contributed by atoms with Crippen molar-refractivity contribution < 1.29 is 47.6 Å². The second-order valence-electron chi connectivity index (χ2n) is 7.76. The van der Waals surface area contributed by atoms with E-state index >= 15 is 0 Å². The summed E-state index contributed by atoms with van der Waals surface area (Å²) in [6.45, 7) is 4.50. The van der Waals surface area contributed by atoms with Crippen molar-refractivity contribution in [3.05, 3.63) is 27.7 Å². The summed E-state index contributed by atoms with van der Waals surface area (Å²) in [5.74, 6) is -2.57.